The largest absolute Gasteiger partial charge is 0.508 e. The molecule has 0 saturated carbocycles. The number of azide groups is 1. The summed E-state index contributed by atoms with van der Waals surface area (Å²) in [5.74, 6) is -4.04. The van der Waals surface area contributed by atoms with Crippen LogP contribution < -0.4 is 21.3 Å². The van der Waals surface area contributed by atoms with Gasteiger partial charge in [-0.15, -0.1) is 0 Å². The highest BCUT2D eigenvalue weighted by atomic mass is 16.5. The van der Waals surface area contributed by atoms with Crippen LogP contribution in [0.15, 0.2) is 59.7 Å². The molecule has 0 aromatic heterocycles. The summed E-state index contributed by atoms with van der Waals surface area (Å²) in [5, 5.41) is 32.5. The number of carbonyl (C=O) groups excluding carboxylic acids is 4. The first-order chi connectivity index (χ1) is 22.1. The second kappa shape index (κ2) is 20.7. The Balaban J connectivity index is 2.08. The number of aromatic hydroxyl groups is 1. The minimum absolute atomic E-state index is 0.00456. The van der Waals surface area contributed by atoms with Crippen molar-refractivity contribution in [2.45, 2.75) is 44.3 Å². The number of carboxylic acid groups (broad SMARTS) is 1. The molecule has 4 amide bonds. The lowest BCUT2D eigenvalue weighted by Gasteiger charge is -2.25. The predicted molar refractivity (Wildman–Crippen MR) is 164 cm³/mol. The van der Waals surface area contributed by atoms with Gasteiger partial charge in [-0.25, -0.2) is 0 Å². The maximum Gasteiger partial charge on any atom is 0.305 e. The van der Waals surface area contributed by atoms with Crippen LogP contribution in [-0.4, -0.2) is 97.5 Å². The quantitative estimate of drug-likeness (QED) is 0.0483. The first kappa shape index (κ1) is 37.0. The summed E-state index contributed by atoms with van der Waals surface area (Å²) in [7, 11) is 0. The first-order valence-corrected chi connectivity index (χ1v) is 14.4. The molecule has 0 radical (unpaired) electrons. The summed E-state index contributed by atoms with van der Waals surface area (Å²) in [6.45, 7) is 2.20. The Morgan fingerprint density at radius 2 is 1.35 bits per heavy atom. The van der Waals surface area contributed by atoms with Crippen molar-refractivity contribution in [3.8, 4) is 5.75 Å². The average molecular weight is 642 g/mol. The third kappa shape index (κ3) is 15.0. The molecule has 0 saturated heterocycles. The number of benzene rings is 2. The molecule has 248 valence electrons. The molecule has 0 aliphatic heterocycles. The van der Waals surface area contributed by atoms with Gasteiger partial charge in [0.05, 0.1) is 32.8 Å². The number of amides is 4. The van der Waals surface area contributed by atoms with E-state index in [2.05, 4.69) is 31.3 Å². The number of phenolic OH excluding ortho intramolecular Hbond substituents is 1. The zero-order valence-corrected chi connectivity index (χ0v) is 25.4. The fourth-order valence-corrected chi connectivity index (χ4v) is 4.15. The zero-order valence-electron chi connectivity index (χ0n) is 25.4. The van der Waals surface area contributed by atoms with Crippen LogP contribution in [0.4, 0.5) is 0 Å². The molecule has 2 aromatic rings. The molecule has 0 fully saturated rings. The van der Waals surface area contributed by atoms with Crippen LogP contribution in [0.25, 0.3) is 10.4 Å². The van der Waals surface area contributed by atoms with Gasteiger partial charge in [0.1, 0.15) is 23.9 Å². The van der Waals surface area contributed by atoms with Crippen LogP contribution in [0.1, 0.15) is 24.5 Å². The molecule has 0 aliphatic carbocycles. The first-order valence-electron chi connectivity index (χ1n) is 14.4. The van der Waals surface area contributed by atoms with Gasteiger partial charge in [-0.3, -0.25) is 24.0 Å². The zero-order chi connectivity index (χ0) is 33.7. The predicted octanol–water partition coefficient (Wildman–Crippen LogP) is 0.586. The summed E-state index contributed by atoms with van der Waals surface area (Å²) in [4.78, 5) is 65.8. The van der Waals surface area contributed by atoms with E-state index in [-0.39, 0.29) is 58.1 Å². The van der Waals surface area contributed by atoms with Gasteiger partial charge in [0.2, 0.25) is 23.6 Å². The van der Waals surface area contributed by atoms with Gasteiger partial charge in [0.25, 0.3) is 0 Å². The minimum Gasteiger partial charge on any atom is -0.508 e. The molecule has 6 N–H and O–H groups in total. The Hall–Kier alpha value is -5.18. The maximum atomic E-state index is 13.5. The van der Waals surface area contributed by atoms with Crippen molar-refractivity contribution >= 4 is 29.6 Å². The normalized spacial score (nSPS) is 12.5. The molecule has 0 unspecified atom stereocenters. The van der Waals surface area contributed by atoms with E-state index in [9.17, 15) is 34.2 Å². The van der Waals surface area contributed by atoms with Crippen molar-refractivity contribution in [2.75, 3.05) is 39.5 Å². The fraction of sp³-hybridized carbons (Fsp3) is 0.433. The van der Waals surface area contributed by atoms with Crippen molar-refractivity contribution in [3.05, 3.63) is 76.2 Å². The van der Waals surface area contributed by atoms with Gasteiger partial charge < -0.3 is 41.0 Å². The summed E-state index contributed by atoms with van der Waals surface area (Å²) in [5.41, 5.74) is 9.53. The topological polar surface area (TPSA) is 241 Å². The number of carbonyl (C=O) groups is 5. The number of ether oxygens (including phenoxy) is 2. The van der Waals surface area contributed by atoms with E-state index in [0.29, 0.717) is 11.1 Å². The summed E-state index contributed by atoms with van der Waals surface area (Å²) >= 11 is 0. The van der Waals surface area contributed by atoms with E-state index in [0.717, 1.165) is 0 Å². The van der Waals surface area contributed by atoms with E-state index in [1.807, 2.05) is 0 Å². The lowest BCUT2D eigenvalue weighted by molar-refractivity contribution is -0.141. The Morgan fingerprint density at radius 3 is 1.93 bits per heavy atom. The third-order valence-corrected chi connectivity index (χ3v) is 6.31. The van der Waals surface area contributed by atoms with Crippen LogP contribution in [-0.2, 0) is 46.3 Å². The lowest BCUT2D eigenvalue weighted by atomic mass is 10.0. The number of rotatable bonds is 21. The van der Waals surface area contributed by atoms with Gasteiger partial charge in [-0.05, 0) is 28.8 Å². The summed E-state index contributed by atoms with van der Waals surface area (Å²) in [6, 6.07) is 11.0. The number of phenols is 1. The van der Waals surface area contributed by atoms with Crippen LogP contribution in [0, 0.1) is 0 Å². The molecule has 16 heteroatoms. The SMILES string of the molecule is CC(=O)N[C@@H](Cc1ccc(O)cc1)C(=O)N[C@H](Cc1ccccc1)C(=O)N[C@@H](CC(=O)O)C(=O)NCCOCCOCCN=[N+]=[N-]. The molecule has 16 nitrogen and oxygen atoms in total. The van der Waals surface area contributed by atoms with Crippen molar-refractivity contribution in [3.63, 3.8) is 0 Å². The number of hydrogen-bond donors (Lipinski definition) is 6. The van der Waals surface area contributed by atoms with Crippen LogP contribution in [0.2, 0.25) is 0 Å². The van der Waals surface area contributed by atoms with Crippen LogP contribution in [0.5, 0.6) is 5.75 Å². The molecule has 0 spiro atoms. The fourth-order valence-electron chi connectivity index (χ4n) is 4.15. The average Bonchev–Trinajstić information content (AvgIpc) is 3.02. The highest BCUT2D eigenvalue weighted by Crippen LogP contribution is 2.12. The summed E-state index contributed by atoms with van der Waals surface area (Å²) in [6.07, 6.45) is -0.664. The Labute approximate surface area is 265 Å². The van der Waals surface area contributed by atoms with Crippen molar-refractivity contribution in [2.24, 2.45) is 5.11 Å². The molecule has 46 heavy (non-hydrogen) atoms. The minimum atomic E-state index is -1.47. The van der Waals surface area contributed by atoms with Gasteiger partial charge in [-0.2, -0.15) is 0 Å². The molecule has 2 aromatic carbocycles. The van der Waals surface area contributed by atoms with E-state index in [4.69, 9.17) is 15.0 Å². The smallest absolute Gasteiger partial charge is 0.305 e. The molecule has 2 rings (SSSR count). The van der Waals surface area contributed by atoms with Gasteiger partial charge >= 0.3 is 5.97 Å². The number of hydrogen-bond acceptors (Lipinski definition) is 9. The molecular formula is C30H39N7O9. The van der Waals surface area contributed by atoms with Gasteiger partial charge in [0.15, 0.2) is 0 Å². The third-order valence-electron chi connectivity index (χ3n) is 6.31. The Bertz CT molecular complexity index is 1340. The number of nitrogens with zero attached hydrogens (tertiary/aromatic N) is 3. The standard InChI is InChI=1S/C30H39N7O9/c1-20(38)34-24(18-22-7-9-23(39)10-8-22)29(43)35-25(17-21-5-3-2-4-6-21)30(44)36-26(19-27(40)41)28(42)32-11-13-45-15-16-46-14-12-33-37-31/h2-10,24-26,39H,11-19H2,1H3,(H,32,42)(H,34,38)(H,35,43)(H,36,44)(H,40,41)/t24-,25+,26-/m0/s1. The van der Waals surface area contributed by atoms with Gasteiger partial charge in [0, 0.05) is 37.8 Å². The Kier molecular flexibility index (Phi) is 16.7. The van der Waals surface area contributed by atoms with Crippen molar-refractivity contribution < 1.29 is 43.7 Å². The number of carboxylic acids is 1. The highest BCUT2D eigenvalue weighted by Gasteiger charge is 2.30. The molecule has 0 heterocycles. The Morgan fingerprint density at radius 1 is 0.783 bits per heavy atom. The van der Waals surface area contributed by atoms with E-state index < -0.39 is 54.1 Å². The highest BCUT2D eigenvalue weighted by molar-refractivity contribution is 5.95. The van der Waals surface area contributed by atoms with Crippen LogP contribution >= 0.6 is 0 Å². The van der Waals surface area contributed by atoms with Crippen molar-refractivity contribution in [1.82, 2.24) is 21.3 Å². The van der Waals surface area contributed by atoms with Gasteiger partial charge in [-0.1, -0.05) is 47.6 Å². The van der Waals surface area contributed by atoms with Crippen LogP contribution in [0.3, 0.4) is 0 Å². The lowest BCUT2D eigenvalue weighted by Crippen LogP contribution is -2.58. The molecular weight excluding hydrogens is 602 g/mol. The number of nitrogens with one attached hydrogen (secondary N) is 4. The second-order valence-electron chi connectivity index (χ2n) is 10.0. The van der Waals surface area contributed by atoms with E-state index >= 15 is 0 Å². The maximum absolute atomic E-state index is 13.5. The molecule has 0 bridgehead atoms. The number of aliphatic carboxylic acids is 1. The van der Waals surface area contributed by atoms with Crippen molar-refractivity contribution in [1.29, 1.82) is 0 Å². The molecule has 0 aliphatic rings. The molecule has 3 atom stereocenters. The monoisotopic (exact) mass is 641 g/mol. The van der Waals surface area contributed by atoms with E-state index in [1.54, 1.807) is 42.5 Å². The van der Waals surface area contributed by atoms with E-state index in [1.165, 1.54) is 19.1 Å². The summed E-state index contributed by atoms with van der Waals surface area (Å²) < 4.78 is 10.5. The second-order valence-corrected chi connectivity index (χ2v) is 10.0.